The smallest absolute Gasteiger partial charge is 0.191 e. The Balaban J connectivity index is 1.58. The summed E-state index contributed by atoms with van der Waals surface area (Å²) in [7, 11) is 0. The second-order valence-electron chi connectivity index (χ2n) is 8.76. The van der Waals surface area contributed by atoms with Crippen molar-refractivity contribution in [1.82, 2.24) is 20.2 Å². The Kier molecular flexibility index (Phi) is 9.11. The van der Waals surface area contributed by atoms with E-state index in [9.17, 15) is 5.11 Å². The fourth-order valence-corrected chi connectivity index (χ4v) is 3.99. The lowest BCUT2D eigenvalue weighted by atomic mass is 9.94. The molecule has 0 aliphatic heterocycles. The number of para-hydroxylation sites is 2. The molecule has 0 aliphatic carbocycles. The maximum atomic E-state index is 9.35. The number of benzene rings is 2. The van der Waals surface area contributed by atoms with Crippen molar-refractivity contribution < 1.29 is 5.11 Å². The molecule has 0 fully saturated rings. The van der Waals surface area contributed by atoms with Crippen molar-refractivity contribution in [2.24, 2.45) is 16.8 Å². The van der Waals surface area contributed by atoms with Crippen LogP contribution in [0.4, 0.5) is 0 Å². The number of fused-ring (bicyclic) bond motifs is 1. The predicted molar refractivity (Wildman–Crippen MR) is 133 cm³/mol. The van der Waals surface area contributed by atoms with Gasteiger partial charge in [-0.15, -0.1) is 0 Å². The van der Waals surface area contributed by atoms with Gasteiger partial charge in [0.2, 0.25) is 0 Å². The van der Waals surface area contributed by atoms with Crippen molar-refractivity contribution in [3.63, 3.8) is 0 Å². The van der Waals surface area contributed by atoms with E-state index < -0.39 is 0 Å². The number of rotatable bonds is 11. The number of aliphatic imine (C=N–C) groups is 1. The van der Waals surface area contributed by atoms with Crippen molar-refractivity contribution in [2.45, 2.75) is 46.7 Å². The summed E-state index contributed by atoms with van der Waals surface area (Å²) in [6.45, 7) is 9.82. The van der Waals surface area contributed by atoms with Gasteiger partial charge in [-0.25, -0.2) is 9.98 Å². The van der Waals surface area contributed by atoms with Crippen LogP contribution in [0.15, 0.2) is 59.9 Å². The van der Waals surface area contributed by atoms with Gasteiger partial charge in [0.1, 0.15) is 0 Å². The summed E-state index contributed by atoms with van der Waals surface area (Å²) < 4.78 is 2.18. The van der Waals surface area contributed by atoms with E-state index >= 15 is 0 Å². The molecule has 0 bridgehead atoms. The summed E-state index contributed by atoms with van der Waals surface area (Å²) in [5, 5.41) is 16.1. The number of imidazole rings is 1. The Bertz CT molecular complexity index is 977. The SMILES string of the molecule is CCNC(=NCc1ccc(Cn2cnc3ccccc32)cc1)NCC(CCO)CC(C)C. The first-order valence-corrected chi connectivity index (χ1v) is 11.7. The second-order valence-corrected chi connectivity index (χ2v) is 8.76. The van der Waals surface area contributed by atoms with E-state index in [0.717, 1.165) is 49.5 Å². The normalized spacial score (nSPS) is 13.0. The van der Waals surface area contributed by atoms with E-state index in [-0.39, 0.29) is 6.61 Å². The number of hydrogen-bond acceptors (Lipinski definition) is 3. The highest BCUT2D eigenvalue weighted by Gasteiger charge is 2.11. The summed E-state index contributed by atoms with van der Waals surface area (Å²) in [4.78, 5) is 9.23. The Morgan fingerprint density at radius 3 is 2.53 bits per heavy atom. The van der Waals surface area contributed by atoms with E-state index in [1.165, 1.54) is 11.1 Å². The van der Waals surface area contributed by atoms with Crippen LogP contribution in [0.5, 0.6) is 0 Å². The number of guanidine groups is 1. The van der Waals surface area contributed by atoms with Crippen LogP contribution in [0.2, 0.25) is 0 Å². The third-order valence-corrected chi connectivity index (χ3v) is 5.57. The van der Waals surface area contributed by atoms with Crippen molar-refractivity contribution in [2.75, 3.05) is 19.7 Å². The van der Waals surface area contributed by atoms with Gasteiger partial charge in [0.05, 0.1) is 23.9 Å². The molecule has 0 aliphatic rings. The minimum atomic E-state index is 0.230. The van der Waals surface area contributed by atoms with Gasteiger partial charge in [0.25, 0.3) is 0 Å². The number of aliphatic hydroxyl groups excluding tert-OH is 1. The molecule has 6 heteroatoms. The maximum Gasteiger partial charge on any atom is 0.191 e. The van der Waals surface area contributed by atoms with Crippen LogP contribution in [0.25, 0.3) is 11.0 Å². The van der Waals surface area contributed by atoms with Crippen LogP contribution in [-0.2, 0) is 13.1 Å². The fourth-order valence-electron chi connectivity index (χ4n) is 3.99. The summed E-state index contributed by atoms with van der Waals surface area (Å²) in [5.41, 5.74) is 4.60. The molecule has 1 aromatic heterocycles. The summed E-state index contributed by atoms with van der Waals surface area (Å²) in [6, 6.07) is 16.8. The van der Waals surface area contributed by atoms with Gasteiger partial charge >= 0.3 is 0 Å². The first-order valence-electron chi connectivity index (χ1n) is 11.7. The lowest BCUT2D eigenvalue weighted by molar-refractivity contribution is 0.243. The van der Waals surface area contributed by atoms with Crippen LogP contribution in [0.3, 0.4) is 0 Å². The van der Waals surface area contributed by atoms with Gasteiger partial charge in [-0.2, -0.15) is 0 Å². The van der Waals surface area contributed by atoms with Crippen molar-refractivity contribution >= 4 is 17.0 Å². The largest absolute Gasteiger partial charge is 0.396 e. The molecule has 1 atom stereocenters. The average Bonchev–Trinajstić information content (AvgIpc) is 3.19. The minimum absolute atomic E-state index is 0.230. The molecular weight excluding hydrogens is 398 g/mol. The lowest BCUT2D eigenvalue weighted by Gasteiger charge is -2.20. The van der Waals surface area contributed by atoms with Gasteiger partial charge in [-0.3, -0.25) is 0 Å². The first-order chi connectivity index (χ1) is 15.6. The molecule has 0 spiro atoms. The molecular formula is C26H37N5O. The zero-order chi connectivity index (χ0) is 22.8. The molecule has 0 saturated carbocycles. The quantitative estimate of drug-likeness (QED) is 0.312. The third kappa shape index (κ3) is 7.09. The first kappa shape index (κ1) is 23.8. The summed E-state index contributed by atoms with van der Waals surface area (Å²) in [6.07, 6.45) is 3.82. The van der Waals surface area contributed by atoms with E-state index in [0.29, 0.717) is 18.4 Å². The van der Waals surface area contributed by atoms with E-state index in [2.05, 4.69) is 71.3 Å². The summed E-state index contributed by atoms with van der Waals surface area (Å²) >= 11 is 0. The van der Waals surface area contributed by atoms with Crippen LogP contribution in [-0.4, -0.2) is 40.3 Å². The predicted octanol–water partition coefficient (Wildman–Crippen LogP) is 4.18. The molecule has 0 amide bonds. The van der Waals surface area contributed by atoms with E-state index in [4.69, 9.17) is 4.99 Å². The highest BCUT2D eigenvalue weighted by molar-refractivity contribution is 5.79. The fraction of sp³-hybridized carbons (Fsp3) is 0.462. The van der Waals surface area contributed by atoms with Gasteiger partial charge in [0, 0.05) is 26.2 Å². The lowest BCUT2D eigenvalue weighted by Crippen LogP contribution is -2.40. The van der Waals surface area contributed by atoms with Crippen LogP contribution in [0.1, 0.15) is 44.7 Å². The molecule has 1 unspecified atom stereocenters. The van der Waals surface area contributed by atoms with Crippen molar-refractivity contribution in [1.29, 1.82) is 0 Å². The zero-order valence-corrected chi connectivity index (χ0v) is 19.6. The minimum Gasteiger partial charge on any atom is -0.396 e. The topological polar surface area (TPSA) is 74.5 Å². The number of aliphatic hydroxyl groups is 1. The molecule has 1 heterocycles. The standard InChI is InChI=1S/C26H37N5O/c1-4-27-26(29-17-23(13-14-32)15-20(2)3)28-16-21-9-11-22(12-10-21)18-31-19-30-24-7-5-6-8-25(24)31/h5-12,19-20,23,32H,4,13-18H2,1-3H3,(H2,27,28,29). The van der Waals surface area contributed by atoms with Gasteiger partial charge in [-0.05, 0) is 54.9 Å². The molecule has 3 aromatic rings. The Morgan fingerprint density at radius 2 is 1.81 bits per heavy atom. The van der Waals surface area contributed by atoms with Gasteiger partial charge in [-0.1, -0.05) is 50.2 Å². The number of nitrogens with zero attached hydrogens (tertiary/aromatic N) is 3. The second kappa shape index (κ2) is 12.2. The highest BCUT2D eigenvalue weighted by atomic mass is 16.3. The molecule has 172 valence electrons. The monoisotopic (exact) mass is 435 g/mol. The Hall–Kier alpha value is -2.86. The van der Waals surface area contributed by atoms with Crippen LogP contribution < -0.4 is 10.6 Å². The maximum absolute atomic E-state index is 9.35. The summed E-state index contributed by atoms with van der Waals surface area (Å²) in [5.74, 6) is 1.89. The molecule has 0 radical (unpaired) electrons. The van der Waals surface area contributed by atoms with Crippen molar-refractivity contribution in [3.8, 4) is 0 Å². The Labute approximate surface area is 191 Å². The Morgan fingerprint density at radius 1 is 1.06 bits per heavy atom. The molecule has 3 rings (SSSR count). The molecule has 0 saturated heterocycles. The van der Waals surface area contributed by atoms with Crippen LogP contribution in [0, 0.1) is 11.8 Å². The average molecular weight is 436 g/mol. The molecule has 6 nitrogen and oxygen atoms in total. The zero-order valence-electron chi connectivity index (χ0n) is 19.6. The number of hydrogen-bond donors (Lipinski definition) is 3. The van der Waals surface area contributed by atoms with Crippen LogP contribution >= 0.6 is 0 Å². The molecule has 32 heavy (non-hydrogen) atoms. The number of aromatic nitrogens is 2. The third-order valence-electron chi connectivity index (χ3n) is 5.57. The van der Waals surface area contributed by atoms with E-state index in [1.807, 2.05) is 24.5 Å². The van der Waals surface area contributed by atoms with Gasteiger partial charge < -0.3 is 20.3 Å². The molecule has 3 N–H and O–H groups in total. The van der Waals surface area contributed by atoms with Crippen molar-refractivity contribution in [3.05, 3.63) is 66.0 Å². The number of nitrogens with one attached hydrogen (secondary N) is 2. The highest BCUT2D eigenvalue weighted by Crippen LogP contribution is 2.16. The molecule has 2 aromatic carbocycles. The van der Waals surface area contributed by atoms with Gasteiger partial charge in [0.15, 0.2) is 5.96 Å². The van der Waals surface area contributed by atoms with E-state index in [1.54, 1.807) is 0 Å².